The molecule has 0 unspecified atom stereocenters. The Morgan fingerprint density at radius 2 is 1.75 bits per heavy atom. The summed E-state index contributed by atoms with van der Waals surface area (Å²) in [5.74, 6) is -0.847. The monoisotopic (exact) mass is 379 g/mol. The molecule has 0 saturated heterocycles. The molecule has 4 nitrogen and oxygen atoms in total. The van der Waals surface area contributed by atoms with Gasteiger partial charge in [-0.3, -0.25) is 4.79 Å². The Bertz CT molecular complexity index is 139. The van der Waals surface area contributed by atoms with E-state index in [2.05, 4.69) is 9.19 Å². The third-order valence-electron chi connectivity index (χ3n) is 1.92. The van der Waals surface area contributed by atoms with Crippen LogP contribution in [0.3, 0.4) is 0 Å². The van der Waals surface area contributed by atoms with Crippen LogP contribution in [0.15, 0.2) is 0 Å². The van der Waals surface area contributed by atoms with Crippen molar-refractivity contribution in [3.63, 3.8) is 0 Å². The Morgan fingerprint density at radius 1 is 1.42 bits per heavy atom. The van der Waals surface area contributed by atoms with Crippen LogP contribution in [-0.2, 0) is 24.8 Å². The fourth-order valence-electron chi connectivity index (χ4n) is 1.22. The van der Waals surface area contributed by atoms with Crippen molar-refractivity contribution >= 4 is 15.2 Å². The number of carboxylic acid groups (broad SMARTS) is 1. The van der Waals surface area contributed by atoms with Gasteiger partial charge in [-0.05, 0) is 12.8 Å². The van der Waals surface area contributed by atoms with Crippen LogP contribution in [0.2, 0.25) is 0 Å². The molecule has 1 saturated carbocycles. The van der Waals surface area contributed by atoms with Crippen LogP contribution < -0.4 is 5.73 Å². The zero-order chi connectivity index (χ0) is 8.91. The van der Waals surface area contributed by atoms with E-state index >= 15 is 0 Å². The summed E-state index contributed by atoms with van der Waals surface area (Å²) in [6.45, 7) is 0. The van der Waals surface area contributed by atoms with E-state index in [1.54, 1.807) is 20.0 Å². The second kappa shape index (κ2) is 6.89. The number of aliphatic carboxylic acids is 1. The van der Waals surface area contributed by atoms with Gasteiger partial charge in [0.2, 0.25) is 0 Å². The van der Waals surface area contributed by atoms with Crippen molar-refractivity contribution < 1.29 is 35.4 Å². The van der Waals surface area contributed by atoms with E-state index in [1.165, 1.54) is 0 Å². The first-order chi connectivity index (χ1) is 5.15. The zero-order valence-electron chi connectivity index (χ0n) is 6.44. The summed E-state index contributed by atoms with van der Waals surface area (Å²) in [5, 5.41) is 8.55. The molecular formula is C6H13AuClNO3. The normalized spacial score (nSPS) is 18.7. The van der Waals surface area contributed by atoms with Crippen molar-refractivity contribution in [2.75, 3.05) is 0 Å². The van der Waals surface area contributed by atoms with E-state index in [9.17, 15) is 4.79 Å². The second-order valence-electron chi connectivity index (χ2n) is 2.67. The van der Waals surface area contributed by atoms with E-state index in [-0.39, 0.29) is 5.48 Å². The Labute approximate surface area is 87.5 Å². The van der Waals surface area contributed by atoms with Gasteiger partial charge in [0.1, 0.15) is 5.54 Å². The molecule has 0 aromatic heterocycles. The zero-order valence-corrected chi connectivity index (χ0v) is 9.36. The molecule has 12 heavy (non-hydrogen) atoms. The van der Waals surface area contributed by atoms with Crippen LogP contribution in [0.1, 0.15) is 25.7 Å². The van der Waals surface area contributed by atoms with Crippen LogP contribution in [-0.4, -0.2) is 22.1 Å². The molecule has 1 aliphatic rings. The molecule has 5 N–H and O–H groups in total. The number of rotatable bonds is 1. The average molecular weight is 380 g/mol. The van der Waals surface area contributed by atoms with Gasteiger partial charge in [-0.15, -0.1) is 0 Å². The molecule has 1 aliphatic carbocycles. The van der Waals surface area contributed by atoms with Crippen molar-refractivity contribution in [2.24, 2.45) is 5.73 Å². The first-order valence-electron chi connectivity index (χ1n) is 3.29. The number of carbonyl (C=O) groups is 1. The molecule has 0 aliphatic heterocycles. The predicted octanol–water partition coefficient (Wildman–Crippen LogP) is 0.205. The number of hydrogen-bond acceptors (Lipinski definition) is 2. The van der Waals surface area contributed by atoms with Crippen molar-refractivity contribution in [3.05, 3.63) is 0 Å². The molecule has 0 heterocycles. The van der Waals surface area contributed by atoms with Crippen LogP contribution in [0.25, 0.3) is 0 Å². The number of nitrogens with two attached hydrogens (primary N) is 1. The van der Waals surface area contributed by atoms with Gasteiger partial charge in [0, 0.05) is 0 Å². The molecule has 1 fully saturated rings. The summed E-state index contributed by atoms with van der Waals surface area (Å²) in [4.78, 5) is 10.4. The minimum atomic E-state index is -0.889. The predicted molar refractivity (Wildman–Crippen MR) is 42.5 cm³/mol. The first-order valence-corrected chi connectivity index (χ1v) is 5.97. The van der Waals surface area contributed by atoms with Crippen molar-refractivity contribution in [2.45, 2.75) is 31.2 Å². The maximum atomic E-state index is 10.4. The van der Waals surface area contributed by atoms with Gasteiger partial charge in [0.15, 0.2) is 0 Å². The number of halogens is 1. The van der Waals surface area contributed by atoms with Crippen LogP contribution in [0, 0.1) is 0 Å². The van der Waals surface area contributed by atoms with Gasteiger partial charge >= 0.3 is 35.1 Å². The summed E-state index contributed by atoms with van der Waals surface area (Å²) < 4.78 is 0. The molecule has 0 amide bonds. The summed E-state index contributed by atoms with van der Waals surface area (Å²) >= 11 is 1.75. The van der Waals surface area contributed by atoms with Crippen molar-refractivity contribution in [1.29, 1.82) is 0 Å². The van der Waals surface area contributed by atoms with Crippen molar-refractivity contribution in [1.82, 2.24) is 0 Å². The SMILES string of the molecule is NC1(C(=O)O)CCCC1.O.[Cl][Au]. The summed E-state index contributed by atoms with van der Waals surface area (Å²) in [6.07, 6.45) is 3.20. The minimum absolute atomic E-state index is 0. The van der Waals surface area contributed by atoms with Gasteiger partial charge in [-0.2, -0.15) is 0 Å². The number of hydrogen-bond donors (Lipinski definition) is 2. The molecule has 1 rings (SSSR count). The maximum absolute atomic E-state index is 10.4. The molecule has 78 valence electrons. The van der Waals surface area contributed by atoms with Gasteiger partial charge in [0.05, 0.1) is 0 Å². The van der Waals surface area contributed by atoms with Gasteiger partial charge in [0.25, 0.3) is 0 Å². The van der Waals surface area contributed by atoms with E-state index in [1.807, 2.05) is 0 Å². The van der Waals surface area contributed by atoms with Gasteiger partial charge in [-0.1, -0.05) is 12.8 Å². The third kappa shape index (κ3) is 3.89. The summed E-state index contributed by atoms with van der Waals surface area (Å²) in [7, 11) is 4.58. The van der Waals surface area contributed by atoms with E-state index < -0.39 is 11.5 Å². The molecule has 0 atom stereocenters. The Balaban J connectivity index is 0. The van der Waals surface area contributed by atoms with Gasteiger partial charge in [-0.25, -0.2) is 0 Å². The van der Waals surface area contributed by atoms with E-state index in [0.29, 0.717) is 12.8 Å². The van der Waals surface area contributed by atoms with Gasteiger partial charge < -0.3 is 16.3 Å². The fourth-order valence-corrected chi connectivity index (χ4v) is 1.22. The molecular weight excluding hydrogens is 366 g/mol. The number of carboxylic acids is 1. The Kier molecular flexibility index (Phi) is 8.56. The fraction of sp³-hybridized carbons (Fsp3) is 0.833. The average Bonchev–Trinajstić information content (AvgIpc) is 2.42. The summed E-state index contributed by atoms with van der Waals surface area (Å²) in [6, 6.07) is 0. The van der Waals surface area contributed by atoms with Crippen LogP contribution >= 0.6 is 9.19 Å². The van der Waals surface area contributed by atoms with Crippen LogP contribution in [0.4, 0.5) is 0 Å². The molecule has 0 aromatic carbocycles. The summed E-state index contributed by atoms with van der Waals surface area (Å²) in [5.41, 5.74) is 4.61. The molecule has 0 bridgehead atoms. The molecule has 0 aromatic rings. The topological polar surface area (TPSA) is 94.8 Å². The quantitative estimate of drug-likeness (QED) is 0.637. The molecule has 6 heteroatoms. The standard InChI is InChI=1S/C6H11NO2.Au.ClH.H2O/c7-6(5(8)9)3-1-2-4-6;;;/h1-4,7H2,(H,8,9);;1H;1H2/q;+1;;/p-1. The van der Waals surface area contributed by atoms with Crippen LogP contribution in [0.5, 0.6) is 0 Å². The van der Waals surface area contributed by atoms with E-state index in [0.717, 1.165) is 12.8 Å². The molecule has 0 radical (unpaired) electrons. The molecule has 0 spiro atoms. The second-order valence-corrected chi connectivity index (χ2v) is 2.67. The Morgan fingerprint density at radius 3 is 1.92 bits per heavy atom. The van der Waals surface area contributed by atoms with Crippen molar-refractivity contribution in [3.8, 4) is 0 Å². The Hall–Kier alpha value is 0.420. The third-order valence-corrected chi connectivity index (χ3v) is 1.92. The van der Waals surface area contributed by atoms with E-state index in [4.69, 9.17) is 10.8 Å². The first kappa shape index (κ1) is 14.9.